The fraction of sp³-hybridized carbons (Fsp3) is 0.176. The number of fused-ring (bicyclic) bond motifs is 1. The Morgan fingerprint density at radius 1 is 1.25 bits per heavy atom. The average molecular weight is 339 g/mol. The zero-order valence-electron chi connectivity index (χ0n) is 12.5. The van der Waals surface area contributed by atoms with Crippen LogP contribution in [0, 0.1) is 16.0 Å². The monoisotopic (exact) mass is 339 g/mol. The zero-order chi connectivity index (χ0) is 16.7. The van der Waals surface area contributed by atoms with Crippen molar-refractivity contribution in [1.82, 2.24) is 4.98 Å². The van der Waals surface area contributed by atoms with Crippen molar-refractivity contribution in [2.24, 2.45) is 5.92 Å². The SMILES string of the molecule is O=C(Nc1cccc(-c2nc3ccccc3s2)c1)[C@@H]1C[C@H]1[N+](=O)[O-]. The van der Waals surface area contributed by atoms with Crippen molar-refractivity contribution in [2.75, 3.05) is 5.32 Å². The van der Waals surface area contributed by atoms with Gasteiger partial charge in [-0.05, 0) is 24.3 Å². The van der Waals surface area contributed by atoms with Gasteiger partial charge in [-0.15, -0.1) is 11.3 Å². The lowest BCUT2D eigenvalue weighted by Crippen LogP contribution is -2.18. The van der Waals surface area contributed by atoms with Crippen LogP contribution in [0.5, 0.6) is 0 Å². The van der Waals surface area contributed by atoms with Gasteiger partial charge in [0.25, 0.3) is 0 Å². The van der Waals surface area contributed by atoms with E-state index in [9.17, 15) is 14.9 Å². The van der Waals surface area contributed by atoms with E-state index in [0.717, 1.165) is 20.8 Å². The van der Waals surface area contributed by atoms with Crippen LogP contribution in [0.15, 0.2) is 48.5 Å². The Labute approximate surface area is 141 Å². The minimum absolute atomic E-state index is 0.293. The van der Waals surface area contributed by atoms with Crippen molar-refractivity contribution >= 4 is 33.1 Å². The predicted molar refractivity (Wildman–Crippen MR) is 92.6 cm³/mol. The van der Waals surface area contributed by atoms with Crippen molar-refractivity contribution < 1.29 is 9.72 Å². The normalized spacial score (nSPS) is 19.2. The van der Waals surface area contributed by atoms with Crippen molar-refractivity contribution in [1.29, 1.82) is 0 Å². The highest BCUT2D eigenvalue weighted by atomic mass is 32.1. The van der Waals surface area contributed by atoms with Crippen LogP contribution in [0.1, 0.15) is 6.42 Å². The summed E-state index contributed by atoms with van der Waals surface area (Å²) >= 11 is 1.59. The van der Waals surface area contributed by atoms with Crippen LogP contribution in [-0.2, 0) is 4.79 Å². The largest absolute Gasteiger partial charge is 0.326 e. The van der Waals surface area contributed by atoms with Crippen molar-refractivity contribution in [3.05, 3.63) is 58.6 Å². The molecule has 2 atom stereocenters. The van der Waals surface area contributed by atoms with Crippen molar-refractivity contribution in [3.8, 4) is 10.6 Å². The summed E-state index contributed by atoms with van der Waals surface area (Å²) in [6.07, 6.45) is 0.316. The Morgan fingerprint density at radius 3 is 2.83 bits per heavy atom. The number of carbonyl (C=O) groups is 1. The van der Waals surface area contributed by atoms with Gasteiger partial charge in [0.15, 0.2) is 0 Å². The number of nitro groups is 1. The minimum atomic E-state index is -0.738. The first-order chi connectivity index (χ1) is 11.6. The Bertz CT molecular complexity index is 920. The quantitative estimate of drug-likeness (QED) is 0.582. The lowest BCUT2D eigenvalue weighted by atomic mass is 10.2. The molecule has 0 spiro atoms. The molecule has 2 aromatic carbocycles. The highest BCUT2D eigenvalue weighted by Crippen LogP contribution is 2.35. The molecule has 1 heterocycles. The molecule has 0 unspecified atom stereocenters. The summed E-state index contributed by atoms with van der Waals surface area (Å²) in [5, 5.41) is 14.3. The number of carbonyl (C=O) groups excluding carboxylic acids is 1. The van der Waals surface area contributed by atoms with E-state index in [1.54, 1.807) is 17.4 Å². The van der Waals surface area contributed by atoms with Crippen LogP contribution >= 0.6 is 11.3 Å². The molecule has 4 rings (SSSR count). The van der Waals surface area contributed by atoms with E-state index in [1.165, 1.54) is 0 Å². The van der Waals surface area contributed by atoms with Gasteiger partial charge in [0.1, 0.15) is 10.9 Å². The standard InChI is InChI=1S/C17H13N3O3S/c21-16(12-9-14(12)20(22)23)18-11-5-3-4-10(8-11)17-19-13-6-1-2-7-15(13)24-17/h1-8,12,14H,9H2,(H,18,21)/t12-,14-/m1/s1. The maximum absolute atomic E-state index is 12.0. The average Bonchev–Trinajstić information content (AvgIpc) is 3.27. The van der Waals surface area contributed by atoms with Gasteiger partial charge in [0.05, 0.1) is 10.2 Å². The van der Waals surface area contributed by atoms with Gasteiger partial charge >= 0.3 is 0 Å². The summed E-state index contributed by atoms with van der Waals surface area (Å²) in [5.74, 6) is -0.816. The number of hydrogen-bond acceptors (Lipinski definition) is 5. The summed E-state index contributed by atoms with van der Waals surface area (Å²) in [4.78, 5) is 26.9. The Morgan fingerprint density at radius 2 is 2.08 bits per heavy atom. The fourth-order valence-electron chi connectivity index (χ4n) is 2.66. The predicted octanol–water partition coefficient (Wildman–Crippen LogP) is 3.57. The topological polar surface area (TPSA) is 85.1 Å². The first kappa shape index (κ1) is 14.8. The highest BCUT2D eigenvalue weighted by Gasteiger charge is 2.53. The maximum atomic E-state index is 12.0. The summed E-state index contributed by atoms with van der Waals surface area (Å²) in [5.41, 5.74) is 2.49. The van der Waals surface area contributed by atoms with Crippen LogP contribution in [0.3, 0.4) is 0 Å². The third-order valence-corrected chi connectivity index (χ3v) is 5.12. The van der Waals surface area contributed by atoms with Gasteiger partial charge in [-0.2, -0.15) is 0 Å². The van der Waals surface area contributed by atoms with Crippen molar-refractivity contribution in [3.63, 3.8) is 0 Å². The Hall–Kier alpha value is -2.80. The van der Waals surface area contributed by atoms with E-state index in [-0.39, 0.29) is 10.8 Å². The minimum Gasteiger partial charge on any atom is -0.326 e. The number of aromatic nitrogens is 1. The van der Waals surface area contributed by atoms with E-state index in [0.29, 0.717) is 12.1 Å². The number of amides is 1. The lowest BCUT2D eigenvalue weighted by molar-refractivity contribution is -0.497. The number of para-hydroxylation sites is 1. The van der Waals surface area contributed by atoms with E-state index >= 15 is 0 Å². The number of nitrogens with zero attached hydrogens (tertiary/aromatic N) is 2. The first-order valence-electron chi connectivity index (χ1n) is 7.52. The summed E-state index contributed by atoms with van der Waals surface area (Å²) in [6, 6.07) is 14.6. The molecule has 7 heteroatoms. The number of rotatable bonds is 4. The van der Waals surface area contributed by atoms with Gasteiger partial charge in [0.2, 0.25) is 11.9 Å². The number of thiazole rings is 1. The molecule has 1 amide bonds. The summed E-state index contributed by atoms with van der Waals surface area (Å²) in [7, 11) is 0. The maximum Gasteiger partial charge on any atom is 0.234 e. The van der Waals surface area contributed by atoms with Crippen molar-refractivity contribution in [2.45, 2.75) is 12.5 Å². The fourth-order valence-corrected chi connectivity index (χ4v) is 3.62. The molecular weight excluding hydrogens is 326 g/mol. The number of nitrogens with one attached hydrogen (secondary N) is 1. The summed E-state index contributed by atoms with van der Waals surface area (Å²) in [6.45, 7) is 0. The molecule has 0 saturated heterocycles. The molecule has 1 N–H and O–H groups in total. The summed E-state index contributed by atoms with van der Waals surface area (Å²) < 4.78 is 1.11. The molecule has 1 aromatic heterocycles. The molecule has 0 aliphatic heterocycles. The van der Waals surface area contributed by atoms with Gasteiger partial charge in [0, 0.05) is 22.6 Å². The zero-order valence-corrected chi connectivity index (χ0v) is 13.3. The van der Waals surface area contributed by atoms with E-state index in [2.05, 4.69) is 10.3 Å². The van der Waals surface area contributed by atoms with Gasteiger partial charge in [-0.1, -0.05) is 24.3 Å². The number of hydrogen-bond donors (Lipinski definition) is 1. The van der Waals surface area contributed by atoms with E-state index in [4.69, 9.17) is 0 Å². The van der Waals surface area contributed by atoms with Gasteiger partial charge in [-0.3, -0.25) is 14.9 Å². The number of benzene rings is 2. The molecule has 1 aliphatic carbocycles. The van der Waals surface area contributed by atoms with Gasteiger partial charge in [-0.25, -0.2) is 4.98 Å². The third kappa shape index (κ3) is 2.74. The van der Waals surface area contributed by atoms with E-state index < -0.39 is 12.0 Å². The Kier molecular flexibility index (Phi) is 3.50. The molecule has 6 nitrogen and oxygen atoms in total. The molecule has 1 saturated carbocycles. The van der Waals surface area contributed by atoms with Gasteiger partial charge < -0.3 is 5.32 Å². The van der Waals surface area contributed by atoms with E-state index in [1.807, 2.05) is 42.5 Å². The molecular formula is C17H13N3O3S. The third-order valence-electron chi connectivity index (χ3n) is 4.04. The lowest BCUT2D eigenvalue weighted by Gasteiger charge is -2.05. The molecule has 1 aliphatic rings. The van der Waals surface area contributed by atoms with Crippen LogP contribution < -0.4 is 5.32 Å². The molecule has 0 bridgehead atoms. The van der Waals surface area contributed by atoms with Crippen LogP contribution in [0.25, 0.3) is 20.8 Å². The van der Waals surface area contributed by atoms with Crippen LogP contribution in [0.2, 0.25) is 0 Å². The highest BCUT2D eigenvalue weighted by molar-refractivity contribution is 7.21. The van der Waals surface area contributed by atoms with Crippen LogP contribution in [0.4, 0.5) is 5.69 Å². The molecule has 24 heavy (non-hydrogen) atoms. The second-order valence-electron chi connectivity index (χ2n) is 5.75. The second kappa shape index (κ2) is 5.68. The smallest absolute Gasteiger partial charge is 0.234 e. The second-order valence-corrected chi connectivity index (χ2v) is 6.78. The number of anilines is 1. The first-order valence-corrected chi connectivity index (χ1v) is 8.34. The molecule has 1 fully saturated rings. The molecule has 0 radical (unpaired) electrons. The molecule has 3 aromatic rings. The Balaban J connectivity index is 1.55. The van der Waals surface area contributed by atoms with Crippen LogP contribution in [-0.4, -0.2) is 21.9 Å². The molecule has 120 valence electrons.